The highest BCUT2D eigenvalue weighted by molar-refractivity contribution is 7.98. The number of thioether (sulfide) groups is 1. The summed E-state index contributed by atoms with van der Waals surface area (Å²) in [7, 11) is 0. The van der Waals surface area contributed by atoms with Gasteiger partial charge >= 0.3 is 6.09 Å². The number of anilines is 2. The fourth-order valence-corrected chi connectivity index (χ4v) is 2.85. The molecule has 0 aliphatic carbocycles. The molecule has 6 nitrogen and oxygen atoms in total. The Hall–Kier alpha value is -2.06. The predicted octanol–water partition coefficient (Wildman–Crippen LogP) is 3.61. The van der Waals surface area contributed by atoms with Gasteiger partial charge in [0.1, 0.15) is 0 Å². The lowest BCUT2D eigenvalue weighted by Gasteiger charge is -2.04. The molecule has 2 amide bonds. The van der Waals surface area contributed by atoms with Crippen LogP contribution in [0.3, 0.4) is 0 Å². The van der Waals surface area contributed by atoms with Gasteiger partial charge in [0.25, 0.3) is 0 Å². The smallest absolute Gasteiger partial charge is 0.413 e. The fraction of sp³-hybridized carbons (Fsp3) is 0.267. The average Bonchev–Trinajstić information content (AvgIpc) is 2.95. The number of benzene rings is 1. The molecule has 0 saturated carbocycles. The van der Waals surface area contributed by atoms with Gasteiger partial charge in [0.05, 0.1) is 18.7 Å². The van der Waals surface area contributed by atoms with Crippen LogP contribution >= 0.6 is 23.1 Å². The van der Waals surface area contributed by atoms with Crippen LogP contribution in [0.5, 0.6) is 0 Å². The average molecular weight is 351 g/mol. The molecule has 1 aromatic carbocycles. The second-order valence-corrected chi connectivity index (χ2v) is 6.18. The van der Waals surface area contributed by atoms with E-state index < -0.39 is 6.09 Å². The molecule has 0 atom stereocenters. The van der Waals surface area contributed by atoms with Crippen LogP contribution < -0.4 is 10.6 Å². The topological polar surface area (TPSA) is 80.3 Å². The lowest BCUT2D eigenvalue weighted by atomic mass is 10.3. The number of hydrogen-bond donors (Lipinski definition) is 2. The maximum atomic E-state index is 12.0. The van der Waals surface area contributed by atoms with Crippen LogP contribution in [-0.4, -0.2) is 29.8 Å². The second-order valence-electron chi connectivity index (χ2n) is 4.44. The second kappa shape index (κ2) is 8.54. The van der Waals surface area contributed by atoms with Crippen molar-refractivity contribution in [3.63, 3.8) is 0 Å². The molecule has 0 fully saturated rings. The number of aromatic nitrogens is 1. The lowest BCUT2D eigenvalue weighted by Crippen LogP contribution is -2.15. The molecule has 0 unspecified atom stereocenters. The molecule has 23 heavy (non-hydrogen) atoms. The van der Waals surface area contributed by atoms with Crippen molar-refractivity contribution >= 4 is 45.9 Å². The van der Waals surface area contributed by atoms with Gasteiger partial charge in [-0.15, -0.1) is 23.1 Å². The van der Waals surface area contributed by atoms with E-state index >= 15 is 0 Å². The van der Waals surface area contributed by atoms with Crippen molar-refractivity contribution in [1.29, 1.82) is 0 Å². The monoisotopic (exact) mass is 351 g/mol. The third-order valence-electron chi connectivity index (χ3n) is 2.75. The first-order valence-electron chi connectivity index (χ1n) is 6.92. The summed E-state index contributed by atoms with van der Waals surface area (Å²) in [5.74, 6) is -0.158. The van der Waals surface area contributed by atoms with E-state index in [4.69, 9.17) is 4.74 Å². The van der Waals surface area contributed by atoms with E-state index in [2.05, 4.69) is 15.6 Å². The highest BCUT2D eigenvalue weighted by Gasteiger charge is 2.10. The molecule has 1 heterocycles. The highest BCUT2D eigenvalue weighted by Crippen LogP contribution is 2.19. The normalized spacial score (nSPS) is 10.2. The third kappa shape index (κ3) is 5.57. The van der Waals surface area contributed by atoms with Gasteiger partial charge in [-0.25, -0.2) is 9.78 Å². The molecule has 8 heteroatoms. The van der Waals surface area contributed by atoms with E-state index in [1.807, 2.05) is 30.5 Å². The standard InChI is InChI=1S/C15H17N3O3S2/c1-3-21-15(20)18-14-17-11(9-23-14)8-13(19)16-10-4-6-12(22-2)7-5-10/h4-7,9H,3,8H2,1-2H3,(H,16,19)(H,17,18,20). The van der Waals surface area contributed by atoms with Crippen molar-refractivity contribution in [3.8, 4) is 0 Å². The Balaban J connectivity index is 1.87. The minimum absolute atomic E-state index is 0.144. The molecular formula is C15H17N3O3S2. The van der Waals surface area contributed by atoms with Gasteiger partial charge in [-0.05, 0) is 37.4 Å². The zero-order chi connectivity index (χ0) is 16.7. The molecule has 0 radical (unpaired) electrons. The van der Waals surface area contributed by atoms with E-state index in [9.17, 15) is 9.59 Å². The van der Waals surface area contributed by atoms with Crippen molar-refractivity contribution in [2.75, 3.05) is 23.5 Å². The van der Waals surface area contributed by atoms with Crippen molar-refractivity contribution in [3.05, 3.63) is 35.3 Å². The van der Waals surface area contributed by atoms with E-state index in [0.717, 1.165) is 10.6 Å². The maximum Gasteiger partial charge on any atom is 0.413 e. The van der Waals surface area contributed by atoms with Gasteiger partial charge in [-0.2, -0.15) is 0 Å². The van der Waals surface area contributed by atoms with Crippen molar-refractivity contribution in [2.24, 2.45) is 0 Å². The summed E-state index contributed by atoms with van der Waals surface area (Å²) in [6.07, 6.45) is 1.59. The van der Waals surface area contributed by atoms with Gasteiger partial charge in [0.15, 0.2) is 5.13 Å². The van der Waals surface area contributed by atoms with Crippen LogP contribution in [0, 0.1) is 0 Å². The van der Waals surface area contributed by atoms with Crippen LogP contribution in [-0.2, 0) is 16.0 Å². The van der Waals surface area contributed by atoms with E-state index in [1.165, 1.54) is 11.3 Å². The Kier molecular flexibility index (Phi) is 6.42. The number of carbonyl (C=O) groups is 2. The molecule has 1 aromatic heterocycles. The summed E-state index contributed by atoms with van der Waals surface area (Å²) < 4.78 is 4.77. The van der Waals surface area contributed by atoms with E-state index in [-0.39, 0.29) is 12.3 Å². The molecule has 0 saturated heterocycles. The largest absolute Gasteiger partial charge is 0.450 e. The molecule has 2 N–H and O–H groups in total. The molecular weight excluding hydrogens is 334 g/mol. The number of ether oxygens (including phenoxy) is 1. The minimum atomic E-state index is -0.549. The maximum absolute atomic E-state index is 12.0. The van der Waals surface area contributed by atoms with Crippen LogP contribution in [0.1, 0.15) is 12.6 Å². The van der Waals surface area contributed by atoms with Crippen molar-refractivity contribution in [1.82, 2.24) is 4.98 Å². The van der Waals surface area contributed by atoms with Crippen LogP contribution in [0.4, 0.5) is 15.6 Å². The number of nitrogens with zero attached hydrogens (tertiary/aromatic N) is 1. The van der Waals surface area contributed by atoms with Gasteiger partial charge in [0.2, 0.25) is 5.91 Å². The molecule has 0 spiro atoms. The molecule has 0 aliphatic rings. The molecule has 2 rings (SSSR count). The fourth-order valence-electron chi connectivity index (χ4n) is 1.74. The Labute approximate surface area is 142 Å². The molecule has 0 aliphatic heterocycles. The summed E-state index contributed by atoms with van der Waals surface area (Å²) in [6, 6.07) is 7.62. The van der Waals surface area contributed by atoms with Gasteiger partial charge in [-0.1, -0.05) is 0 Å². The Bertz CT molecular complexity index is 671. The summed E-state index contributed by atoms with van der Waals surface area (Å²) in [5, 5.41) is 7.47. The SMILES string of the molecule is CCOC(=O)Nc1nc(CC(=O)Nc2ccc(SC)cc2)cs1. The summed E-state index contributed by atoms with van der Waals surface area (Å²) >= 11 is 2.90. The number of amides is 2. The summed E-state index contributed by atoms with van der Waals surface area (Å²) in [5.41, 5.74) is 1.34. The molecule has 2 aromatic rings. The first kappa shape index (κ1) is 17.3. The number of carbonyl (C=O) groups excluding carboxylic acids is 2. The van der Waals surface area contributed by atoms with Crippen molar-refractivity contribution < 1.29 is 14.3 Å². The van der Waals surface area contributed by atoms with E-state index in [1.54, 1.807) is 24.1 Å². The number of hydrogen-bond acceptors (Lipinski definition) is 6. The Morgan fingerprint density at radius 1 is 1.26 bits per heavy atom. The molecule has 0 bridgehead atoms. The zero-order valence-electron chi connectivity index (χ0n) is 12.8. The van der Waals surface area contributed by atoms with Crippen LogP contribution in [0.2, 0.25) is 0 Å². The van der Waals surface area contributed by atoms with E-state index in [0.29, 0.717) is 17.4 Å². The van der Waals surface area contributed by atoms with Crippen molar-refractivity contribution in [2.45, 2.75) is 18.2 Å². The third-order valence-corrected chi connectivity index (χ3v) is 4.30. The van der Waals surface area contributed by atoms with Gasteiger partial charge < -0.3 is 10.1 Å². The number of nitrogens with one attached hydrogen (secondary N) is 2. The first-order valence-corrected chi connectivity index (χ1v) is 9.03. The predicted molar refractivity (Wildman–Crippen MR) is 93.3 cm³/mol. The van der Waals surface area contributed by atoms with Gasteiger partial charge in [-0.3, -0.25) is 10.1 Å². The first-order chi connectivity index (χ1) is 11.1. The summed E-state index contributed by atoms with van der Waals surface area (Å²) in [6.45, 7) is 2.02. The molecule has 122 valence electrons. The van der Waals surface area contributed by atoms with Crippen LogP contribution in [0.15, 0.2) is 34.5 Å². The lowest BCUT2D eigenvalue weighted by molar-refractivity contribution is -0.115. The van der Waals surface area contributed by atoms with Gasteiger partial charge in [0, 0.05) is 16.0 Å². The number of thiazole rings is 1. The summed E-state index contributed by atoms with van der Waals surface area (Å²) in [4.78, 5) is 28.6. The van der Waals surface area contributed by atoms with Crippen LogP contribution in [0.25, 0.3) is 0 Å². The zero-order valence-corrected chi connectivity index (χ0v) is 14.4. The highest BCUT2D eigenvalue weighted by atomic mass is 32.2. The Morgan fingerprint density at radius 2 is 2.00 bits per heavy atom. The minimum Gasteiger partial charge on any atom is -0.450 e. The Morgan fingerprint density at radius 3 is 2.65 bits per heavy atom. The quantitative estimate of drug-likeness (QED) is 0.777. The number of rotatable bonds is 6.